The summed E-state index contributed by atoms with van der Waals surface area (Å²) in [5.41, 5.74) is 6.32. The molecule has 0 saturated heterocycles. The molecule has 8 nitrogen and oxygen atoms in total. The molecule has 1 amide bonds. The Labute approximate surface area is 262 Å². The second-order valence-corrected chi connectivity index (χ2v) is 13.5. The molecule has 0 radical (unpaired) electrons. The summed E-state index contributed by atoms with van der Waals surface area (Å²) in [6.07, 6.45) is 1.61. The van der Waals surface area contributed by atoms with Crippen molar-refractivity contribution in [3.8, 4) is 28.6 Å². The van der Waals surface area contributed by atoms with E-state index in [-0.39, 0.29) is 22.5 Å². The van der Waals surface area contributed by atoms with Gasteiger partial charge in [0.15, 0.2) is 0 Å². The van der Waals surface area contributed by atoms with Gasteiger partial charge in [0.1, 0.15) is 17.2 Å². The van der Waals surface area contributed by atoms with Gasteiger partial charge in [-0.3, -0.25) is 4.79 Å². The third-order valence-corrected chi connectivity index (χ3v) is 7.87. The molecule has 1 aromatic heterocycles. The number of aromatic hydroxyl groups is 1. The first-order chi connectivity index (χ1) is 20.3. The highest BCUT2D eigenvalue weighted by atomic mass is 35.5. The fraction of sp³-hybridized carbons (Fsp3) is 0.333. The van der Waals surface area contributed by atoms with E-state index in [2.05, 4.69) is 62.3 Å². The molecule has 4 aromatic rings. The molecule has 0 spiro atoms. The second kappa shape index (κ2) is 13.2. The summed E-state index contributed by atoms with van der Waals surface area (Å²) >= 11 is 7.41. The fourth-order valence-electron chi connectivity index (χ4n) is 4.51. The van der Waals surface area contributed by atoms with Crippen molar-refractivity contribution in [2.75, 3.05) is 12.4 Å². The summed E-state index contributed by atoms with van der Waals surface area (Å²) in [5.74, 6) is 1.64. The maximum atomic E-state index is 12.8. The van der Waals surface area contributed by atoms with Crippen LogP contribution in [0.1, 0.15) is 65.2 Å². The zero-order chi connectivity index (χ0) is 31.4. The van der Waals surface area contributed by atoms with E-state index in [9.17, 15) is 9.90 Å². The molecule has 0 bridgehead atoms. The van der Waals surface area contributed by atoms with Gasteiger partial charge in [-0.15, -0.1) is 5.10 Å². The van der Waals surface area contributed by atoms with E-state index in [0.29, 0.717) is 22.5 Å². The third-order valence-electron chi connectivity index (χ3n) is 6.68. The van der Waals surface area contributed by atoms with Crippen molar-refractivity contribution in [3.05, 3.63) is 82.4 Å². The molecule has 0 saturated carbocycles. The smallest absolute Gasteiger partial charge is 0.342 e. The standard InChI is InChI=1S/C33H38ClN5O3S/c1-8-42-25-15-13-24(14-16-25)39-30(22-9-11-23(34)12-10-22)37-38-31(39)43-20-28(40)36-35-19-21-17-26(32(2,3)4)29(41)27(18-21)33(5,6)7/h9-19H,8,20H2,1-7H3,(H2,35,36,40,41)/p+1. The summed E-state index contributed by atoms with van der Waals surface area (Å²) in [4.78, 5) is 12.8. The van der Waals surface area contributed by atoms with Gasteiger partial charge in [0.2, 0.25) is 0 Å². The maximum absolute atomic E-state index is 12.8. The number of halogens is 1. The van der Waals surface area contributed by atoms with Crippen LogP contribution < -0.4 is 14.7 Å². The van der Waals surface area contributed by atoms with Crippen LogP contribution in [0.3, 0.4) is 0 Å². The lowest BCUT2D eigenvalue weighted by Gasteiger charge is -2.27. The first-order valence-electron chi connectivity index (χ1n) is 14.1. The number of rotatable bonds is 9. The molecule has 1 heterocycles. The minimum Gasteiger partial charge on any atom is -0.507 e. The molecule has 3 aromatic carbocycles. The number of carbonyl (C=O) groups is 1. The molecule has 0 aliphatic heterocycles. The van der Waals surface area contributed by atoms with Crippen LogP contribution in [0.25, 0.3) is 17.1 Å². The van der Waals surface area contributed by atoms with E-state index in [4.69, 9.17) is 16.3 Å². The Morgan fingerprint density at radius 2 is 1.65 bits per heavy atom. The van der Waals surface area contributed by atoms with Crippen LogP contribution in [0.4, 0.5) is 0 Å². The number of ether oxygens (including phenoxy) is 1. The SMILES string of the molecule is CCOc1ccc(-[n+]2c(SCC(=O)N/N=C/c3cc(C(C)(C)C)c(O)c(C(C)(C)C)c3)n[nH]c2-c2ccc(Cl)cc2)cc1. The number of H-pyrrole nitrogens is 1. The Morgan fingerprint density at radius 1 is 1.05 bits per heavy atom. The molecule has 0 atom stereocenters. The number of thioether (sulfide) groups is 1. The highest BCUT2D eigenvalue weighted by Gasteiger charge is 2.27. The lowest BCUT2D eigenvalue weighted by atomic mass is 9.78. The number of amides is 1. The number of hydrogen-bond acceptors (Lipinski definition) is 6. The number of hydrazone groups is 1. The molecular formula is C33H39ClN5O3S+. The summed E-state index contributed by atoms with van der Waals surface area (Å²) in [6, 6.07) is 19.0. The average molecular weight is 621 g/mol. The van der Waals surface area contributed by atoms with Gasteiger partial charge < -0.3 is 9.84 Å². The van der Waals surface area contributed by atoms with Gasteiger partial charge in [0.05, 0.1) is 29.2 Å². The van der Waals surface area contributed by atoms with Crippen molar-refractivity contribution in [1.29, 1.82) is 0 Å². The maximum Gasteiger partial charge on any atom is 0.342 e. The molecule has 43 heavy (non-hydrogen) atoms. The normalized spacial score (nSPS) is 12.1. The van der Waals surface area contributed by atoms with Gasteiger partial charge in [0.25, 0.3) is 11.7 Å². The Bertz CT molecular complexity index is 1570. The minimum absolute atomic E-state index is 0.0926. The van der Waals surface area contributed by atoms with Gasteiger partial charge in [-0.05, 0) is 95.7 Å². The van der Waals surface area contributed by atoms with Crippen LogP contribution in [0, 0.1) is 0 Å². The number of nitrogens with one attached hydrogen (secondary N) is 2. The summed E-state index contributed by atoms with van der Waals surface area (Å²) < 4.78 is 7.56. The van der Waals surface area contributed by atoms with Crippen LogP contribution in [0.15, 0.2) is 70.9 Å². The van der Waals surface area contributed by atoms with Gasteiger partial charge >= 0.3 is 5.16 Å². The van der Waals surface area contributed by atoms with E-state index < -0.39 is 0 Å². The van der Waals surface area contributed by atoms with E-state index in [1.54, 1.807) is 6.21 Å². The number of benzene rings is 3. The Hall–Kier alpha value is -3.82. The molecule has 0 unspecified atom stereocenters. The Balaban J connectivity index is 1.53. The van der Waals surface area contributed by atoms with Crippen molar-refractivity contribution in [1.82, 2.24) is 15.6 Å². The first kappa shape index (κ1) is 32.1. The van der Waals surface area contributed by atoms with Crippen molar-refractivity contribution in [2.45, 2.75) is 64.5 Å². The lowest BCUT2D eigenvalue weighted by molar-refractivity contribution is -0.625. The average Bonchev–Trinajstić information content (AvgIpc) is 3.36. The summed E-state index contributed by atoms with van der Waals surface area (Å²) in [6.45, 7) is 14.9. The van der Waals surface area contributed by atoms with Crippen molar-refractivity contribution in [2.24, 2.45) is 5.10 Å². The Morgan fingerprint density at radius 3 is 2.21 bits per heavy atom. The zero-order valence-corrected chi connectivity index (χ0v) is 27.2. The number of hydrogen-bond donors (Lipinski definition) is 3. The largest absolute Gasteiger partial charge is 0.507 e. The topological polar surface area (TPSA) is 103 Å². The fourth-order valence-corrected chi connectivity index (χ4v) is 5.39. The monoisotopic (exact) mass is 620 g/mol. The third kappa shape index (κ3) is 7.97. The number of aromatic amines is 1. The molecule has 0 aliphatic rings. The highest BCUT2D eigenvalue weighted by molar-refractivity contribution is 7.99. The van der Waals surface area contributed by atoms with Crippen molar-refractivity contribution < 1.29 is 19.2 Å². The quantitative estimate of drug-likeness (QED) is 0.0813. The predicted octanol–water partition coefficient (Wildman–Crippen LogP) is 6.95. The van der Waals surface area contributed by atoms with Crippen LogP contribution in [-0.2, 0) is 15.6 Å². The lowest BCUT2D eigenvalue weighted by Crippen LogP contribution is -2.34. The first-order valence-corrected chi connectivity index (χ1v) is 15.5. The van der Waals surface area contributed by atoms with Gasteiger partial charge in [0, 0.05) is 16.1 Å². The molecule has 10 heteroatoms. The van der Waals surface area contributed by atoms with Crippen molar-refractivity contribution in [3.63, 3.8) is 0 Å². The Kier molecular flexibility index (Phi) is 9.87. The number of carbonyl (C=O) groups excluding carboxylic acids is 1. The minimum atomic E-state index is -0.276. The molecule has 226 valence electrons. The number of phenols is 1. The van der Waals surface area contributed by atoms with Gasteiger partial charge in [-0.1, -0.05) is 53.1 Å². The van der Waals surface area contributed by atoms with E-state index in [1.165, 1.54) is 11.8 Å². The van der Waals surface area contributed by atoms with Gasteiger partial charge in [-0.25, -0.2) is 5.43 Å². The molecular weight excluding hydrogens is 582 g/mol. The predicted molar refractivity (Wildman–Crippen MR) is 174 cm³/mol. The van der Waals surface area contributed by atoms with Crippen LogP contribution in [-0.4, -0.2) is 39.8 Å². The molecule has 4 rings (SSSR count). The number of phenolic OH excluding ortho intramolecular Hbond substituents is 1. The molecule has 3 N–H and O–H groups in total. The summed E-state index contributed by atoms with van der Waals surface area (Å²) in [5, 5.41) is 24.1. The van der Waals surface area contributed by atoms with Gasteiger partial charge in [-0.2, -0.15) is 9.67 Å². The van der Waals surface area contributed by atoms with Crippen LogP contribution >= 0.6 is 23.4 Å². The molecule has 0 fully saturated rings. The highest BCUT2D eigenvalue weighted by Crippen LogP contribution is 2.39. The van der Waals surface area contributed by atoms with Crippen LogP contribution in [0.5, 0.6) is 11.5 Å². The van der Waals surface area contributed by atoms with Crippen molar-refractivity contribution >= 4 is 35.5 Å². The zero-order valence-electron chi connectivity index (χ0n) is 25.7. The summed E-state index contributed by atoms with van der Waals surface area (Å²) in [7, 11) is 0. The number of aromatic nitrogens is 3. The van der Waals surface area contributed by atoms with E-state index >= 15 is 0 Å². The van der Waals surface area contributed by atoms with E-state index in [0.717, 1.165) is 39.5 Å². The van der Waals surface area contributed by atoms with E-state index in [1.807, 2.05) is 72.2 Å². The van der Waals surface area contributed by atoms with Crippen LogP contribution in [0.2, 0.25) is 5.02 Å². The number of nitrogens with zero attached hydrogens (tertiary/aromatic N) is 3. The second-order valence-electron chi connectivity index (χ2n) is 12.2. The molecule has 0 aliphatic carbocycles.